The maximum absolute atomic E-state index is 12.6. The topological polar surface area (TPSA) is 49.4 Å². The van der Waals surface area contributed by atoms with Gasteiger partial charge in [-0.1, -0.05) is 30.3 Å². The van der Waals surface area contributed by atoms with Gasteiger partial charge in [-0.15, -0.1) is 0 Å². The van der Waals surface area contributed by atoms with Gasteiger partial charge in [0, 0.05) is 18.0 Å². The van der Waals surface area contributed by atoms with Gasteiger partial charge in [-0.05, 0) is 32.3 Å². The zero-order valence-electron chi connectivity index (χ0n) is 12.6. The smallest absolute Gasteiger partial charge is 0.234 e. The number of nitrogens with zero attached hydrogens (tertiary/aromatic N) is 1. The summed E-state index contributed by atoms with van der Waals surface area (Å²) in [6, 6.07) is 10.2. The third-order valence-corrected chi connectivity index (χ3v) is 4.45. The van der Waals surface area contributed by atoms with Crippen molar-refractivity contribution in [3.8, 4) is 0 Å². The first-order valence-electron chi connectivity index (χ1n) is 7.63. The monoisotopic (exact) mass is 286 g/mol. The molecule has 2 amide bonds. The minimum absolute atomic E-state index is 0.0398. The molecule has 1 atom stereocenters. The van der Waals surface area contributed by atoms with E-state index in [0.717, 1.165) is 5.56 Å². The molecule has 1 saturated carbocycles. The normalized spacial score (nSPS) is 23.0. The van der Waals surface area contributed by atoms with Crippen LogP contribution in [0.25, 0.3) is 0 Å². The lowest BCUT2D eigenvalue weighted by Crippen LogP contribution is -2.50. The summed E-state index contributed by atoms with van der Waals surface area (Å²) in [6.07, 6.45) is 2.66. The zero-order chi connectivity index (χ0) is 15.0. The quantitative estimate of drug-likeness (QED) is 0.843. The molecule has 1 aromatic carbocycles. The number of benzene rings is 1. The van der Waals surface area contributed by atoms with Gasteiger partial charge in [0.25, 0.3) is 0 Å². The SMILES string of the molecule is CC(C)(NC1CC1)C1CC(=O)N(Cc2ccccc2)C1=O. The van der Waals surface area contributed by atoms with Gasteiger partial charge in [0.1, 0.15) is 0 Å². The Morgan fingerprint density at radius 2 is 1.86 bits per heavy atom. The van der Waals surface area contributed by atoms with Gasteiger partial charge >= 0.3 is 0 Å². The van der Waals surface area contributed by atoms with E-state index in [4.69, 9.17) is 0 Å². The van der Waals surface area contributed by atoms with Crippen LogP contribution in [0.1, 0.15) is 38.7 Å². The number of likely N-dealkylation sites (tertiary alicyclic amines) is 1. The Labute approximate surface area is 125 Å². The molecule has 0 bridgehead atoms. The number of nitrogens with one attached hydrogen (secondary N) is 1. The maximum Gasteiger partial charge on any atom is 0.234 e. The molecule has 1 heterocycles. The van der Waals surface area contributed by atoms with E-state index in [-0.39, 0.29) is 23.3 Å². The number of hydrogen-bond donors (Lipinski definition) is 1. The highest BCUT2D eigenvalue weighted by Gasteiger charge is 2.47. The largest absolute Gasteiger partial charge is 0.308 e. The van der Waals surface area contributed by atoms with Gasteiger partial charge in [-0.3, -0.25) is 14.5 Å². The van der Waals surface area contributed by atoms with Crippen LogP contribution < -0.4 is 5.32 Å². The van der Waals surface area contributed by atoms with E-state index in [1.54, 1.807) is 0 Å². The summed E-state index contributed by atoms with van der Waals surface area (Å²) >= 11 is 0. The number of hydrogen-bond acceptors (Lipinski definition) is 3. The lowest BCUT2D eigenvalue weighted by Gasteiger charge is -2.31. The summed E-state index contributed by atoms with van der Waals surface area (Å²) in [7, 11) is 0. The van der Waals surface area contributed by atoms with Crippen LogP contribution >= 0.6 is 0 Å². The molecule has 0 spiro atoms. The van der Waals surface area contributed by atoms with Crippen molar-refractivity contribution in [1.29, 1.82) is 0 Å². The lowest BCUT2D eigenvalue weighted by molar-refractivity contribution is -0.140. The fraction of sp³-hybridized carbons (Fsp3) is 0.529. The summed E-state index contributed by atoms with van der Waals surface area (Å²) in [5.74, 6) is -0.351. The third kappa shape index (κ3) is 3.00. The van der Waals surface area contributed by atoms with Gasteiger partial charge in [0.15, 0.2) is 0 Å². The molecule has 0 radical (unpaired) electrons. The Hall–Kier alpha value is -1.68. The second kappa shape index (κ2) is 5.26. The molecule has 21 heavy (non-hydrogen) atoms. The molecule has 2 fully saturated rings. The Bertz CT molecular complexity index is 549. The van der Waals surface area contributed by atoms with Crippen LogP contribution in [0.2, 0.25) is 0 Å². The average molecular weight is 286 g/mol. The van der Waals surface area contributed by atoms with Gasteiger partial charge in [0.2, 0.25) is 11.8 Å². The van der Waals surface area contributed by atoms with Crippen molar-refractivity contribution in [2.75, 3.05) is 0 Å². The van der Waals surface area contributed by atoms with Crippen LogP contribution in [0.15, 0.2) is 30.3 Å². The predicted molar refractivity (Wildman–Crippen MR) is 80.3 cm³/mol. The van der Waals surface area contributed by atoms with Crippen LogP contribution in [0, 0.1) is 5.92 Å². The second-order valence-corrected chi connectivity index (χ2v) is 6.70. The van der Waals surface area contributed by atoms with Gasteiger partial charge in [0.05, 0.1) is 12.5 Å². The molecule has 1 aliphatic heterocycles. The summed E-state index contributed by atoms with van der Waals surface area (Å²) in [6.45, 7) is 4.45. The average Bonchev–Trinajstić information content (AvgIpc) is 3.20. The van der Waals surface area contributed by atoms with Crippen LogP contribution in [-0.2, 0) is 16.1 Å². The number of rotatable bonds is 5. The van der Waals surface area contributed by atoms with E-state index >= 15 is 0 Å². The summed E-state index contributed by atoms with van der Waals surface area (Å²) < 4.78 is 0. The van der Waals surface area contributed by atoms with E-state index in [2.05, 4.69) is 5.32 Å². The fourth-order valence-corrected chi connectivity index (χ4v) is 3.03. The van der Waals surface area contributed by atoms with Crippen LogP contribution in [0.4, 0.5) is 0 Å². The molecule has 112 valence electrons. The van der Waals surface area contributed by atoms with Gasteiger partial charge < -0.3 is 5.32 Å². The highest BCUT2D eigenvalue weighted by atomic mass is 16.2. The van der Waals surface area contributed by atoms with E-state index in [0.29, 0.717) is 19.0 Å². The maximum atomic E-state index is 12.6. The first-order valence-corrected chi connectivity index (χ1v) is 7.63. The highest BCUT2D eigenvalue weighted by molar-refractivity contribution is 6.04. The molecule has 2 aliphatic rings. The number of carbonyl (C=O) groups is 2. The molecular weight excluding hydrogens is 264 g/mol. The van der Waals surface area contributed by atoms with Crippen molar-refractivity contribution >= 4 is 11.8 Å². The lowest BCUT2D eigenvalue weighted by atomic mass is 9.86. The fourth-order valence-electron chi connectivity index (χ4n) is 3.03. The van der Waals surface area contributed by atoms with E-state index < -0.39 is 0 Å². The van der Waals surface area contributed by atoms with E-state index in [9.17, 15) is 9.59 Å². The Morgan fingerprint density at radius 3 is 2.48 bits per heavy atom. The zero-order valence-corrected chi connectivity index (χ0v) is 12.6. The highest BCUT2D eigenvalue weighted by Crippen LogP contribution is 2.33. The van der Waals surface area contributed by atoms with Crippen LogP contribution in [0.5, 0.6) is 0 Å². The van der Waals surface area contributed by atoms with E-state index in [1.165, 1.54) is 17.7 Å². The summed E-state index contributed by atoms with van der Waals surface area (Å²) in [5, 5.41) is 3.51. The van der Waals surface area contributed by atoms with E-state index in [1.807, 2.05) is 44.2 Å². The van der Waals surface area contributed by atoms with Crippen LogP contribution in [0.3, 0.4) is 0 Å². The molecular formula is C17H22N2O2. The van der Waals surface area contributed by atoms with Crippen molar-refractivity contribution in [3.05, 3.63) is 35.9 Å². The van der Waals surface area contributed by atoms with Crippen molar-refractivity contribution in [2.45, 2.75) is 51.2 Å². The van der Waals surface area contributed by atoms with Gasteiger partial charge in [-0.25, -0.2) is 0 Å². The molecule has 1 unspecified atom stereocenters. The summed E-state index contributed by atoms with van der Waals surface area (Å²) in [5.41, 5.74) is 0.673. The molecule has 4 heteroatoms. The first kappa shape index (κ1) is 14.3. The number of imide groups is 1. The molecule has 1 saturated heterocycles. The standard InChI is InChI=1S/C17H22N2O2/c1-17(2,18-13-8-9-13)14-10-15(20)19(16(14)21)11-12-6-4-3-5-7-12/h3-7,13-14,18H,8-11H2,1-2H3. The predicted octanol–water partition coefficient (Wildman–Crippen LogP) is 2.09. The van der Waals surface area contributed by atoms with Crippen molar-refractivity contribution < 1.29 is 9.59 Å². The van der Waals surface area contributed by atoms with Crippen LogP contribution in [-0.4, -0.2) is 28.3 Å². The van der Waals surface area contributed by atoms with Crippen molar-refractivity contribution in [3.63, 3.8) is 0 Å². The third-order valence-electron chi connectivity index (χ3n) is 4.45. The van der Waals surface area contributed by atoms with Gasteiger partial charge in [-0.2, -0.15) is 0 Å². The minimum atomic E-state index is -0.320. The number of amides is 2. The molecule has 4 nitrogen and oxygen atoms in total. The first-order chi connectivity index (χ1) is 9.97. The number of carbonyl (C=O) groups excluding carboxylic acids is 2. The molecule has 1 N–H and O–H groups in total. The Morgan fingerprint density at radius 1 is 1.19 bits per heavy atom. The van der Waals surface area contributed by atoms with Crippen molar-refractivity contribution in [1.82, 2.24) is 10.2 Å². The molecule has 1 aliphatic carbocycles. The summed E-state index contributed by atoms with van der Waals surface area (Å²) in [4.78, 5) is 26.3. The minimum Gasteiger partial charge on any atom is -0.308 e. The Balaban J connectivity index is 1.72. The Kier molecular flexibility index (Phi) is 3.57. The second-order valence-electron chi connectivity index (χ2n) is 6.70. The molecule has 0 aromatic heterocycles. The van der Waals surface area contributed by atoms with Crippen molar-refractivity contribution in [2.24, 2.45) is 5.92 Å². The molecule has 1 aromatic rings. The molecule has 3 rings (SSSR count).